The van der Waals surface area contributed by atoms with Crippen LogP contribution in [0.3, 0.4) is 0 Å². The van der Waals surface area contributed by atoms with E-state index in [1.807, 2.05) is 24.3 Å². The Labute approximate surface area is 206 Å². The number of nitro benzene ring substituents is 1. The normalized spacial score (nSPS) is 10.9. The van der Waals surface area contributed by atoms with Crippen LogP contribution < -0.4 is 15.4 Å². The first-order valence-electron chi connectivity index (χ1n) is 10.7. The van der Waals surface area contributed by atoms with Gasteiger partial charge in [-0.15, -0.1) is 0 Å². The van der Waals surface area contributed by atoms with E-state index in [-0.39, 0.29) is 16.4 Å². The highest BCUT2D eigenvalue weighted by atomic mass is 32.1. The molecule has 0 aliphatic heterocycles. The zero-order chi connectivity index (χ0) is 25.1. The van der Waals surface area contributed by atoms with Crippen molar-refractivity contribution in [2.24, 2.45) is 0 Å². The van der Waals surface area contributed by atoms with Gasteiger partial charge in [-0.05, 0) is 60.1 Å². The standard InChI is InChI=1S/C25H22N4O5S/c1-14(2)15-7-10-22-20(12-15)26-24(34-22)17-8-9-21(33-3)19(13-17)27-25(35)28-23(30)16-5-4-6-18(11-16)29(31)32/h4-14H,1-3H3,(H2,27,28,30,35). The number of ether oxygens (including phenoxy) is 1. The Morgan fingerprint density at radius 1 is 1.14 bits per heavy atom. The average Bonchev–Trinajstić information content (AvgIpc) is 3.27. The summed E-state index contributed by atoms with van der Waals surface area (Å²) in [4.78, 5) is 27.5. The third-order valence-electron chi connectivity index (χ3n) is 5.32. The lowest BCUT2D eigenvalue weighted by Gasteiger charge is -2.13. The molecule has 2 N–H and O–H groups in total. The molecule has 0 aliphatic rings. The van der Waals surface area contributed by atoms with Gasteiger partial charge in [0.05, 0.1) is 17.7 Å². The number of thiocarbonyl (C=S) groups is 1. The lowest BCUT2D eigenvalue weighted by atomic mass is 10.0. The van der Waals surface area contributed by atoms with Crippen LogP contribution >= 0.6 is 12.2 Å². The van der Waals surface area contributed by atoms with Crippen LogP contribution in [0.5, 0.6) is 5.75 Å². The fourth-order valence-electron chi connectivity index (χ4n) is 3.46. The number of carbonyl (C=O) groups excluding carboxylic acids is 1. The molecule has 35 heavy (non-hydrogen) atoms. The van der Waals surface area contributed by atoms with E-state index in [9.17, 15) is 14.9 Å². The monoisotopic (exact) mass is 490 g/mol. The number of fused-ring (bicyclic) bond motifs is 1. The van der Waals surface area contributed by atoms with E-state index in [1.54, 1.807) is 12.1 Å². The number of benzene rings is 3. The van der Waals surface area contributed by atoms with Gasteiger partial charge in [-0.1, -0.05) is 26.0 Å². The zero-order valence-electron chi connectivity index (χ0n) is 19.2. The highest BCUT2D eigenvalue weighted by Crippen LogP contribution is 2.32. The summed E-state index contributed by atoms with van der Waals surface area (Å²) < 4.78 is 11.3. The number of carbonyl (C=O) groups is 1. The average molecular weight is 491 g/mol. The Hall–Kier alpha value is -4.31. The molecular weight excluding hydrogens is 468 g/mol. The van der Waals surface area contributed by atoms with Crippen molar-refractivity contribution < 1.29 is 18.9 Å². The maximum Gasteiger partial charge on any atom is 0.270 e. The number of amides is 1. The maximum absolute atomic E-state index is 12.5. The number of nitrogens with one attached hydrogen (secondary N) is 2. The first-order chi connectivity index (χ1) is 16.7. The van der Waals surface area contributed by atoms with Gasteiger partial charge in [-0.25, -0.2) is 4.98 Å². The summed E-state index contributed by atoms with van der Waals surface area (Å²) in [7, 11) is 1.51. The zero-order valence-corrected chi connectivity index (χ0v) is 20.0. The molecule has 0 saturated heterocycles. The van der Waals surface area contributed by atoms with E-state index < -0.39 is 10.8 Å². The minimum absolute atomic E-state index is 0.00361. The van der Waals surface area contributed by atoms with Gasteiger partial charge < -0.3 is 14.5 Å². The van der Waals surface area contributed by atoms with E-state index in [4.69, 9.17) is 21.4 Å². The number of non-ortho nitro benzene ring substituents is 1. The summed E-state index contributed by atoms with van der Waals surface area (Å²) >= 11 is 5.28. The molecule has 178 valence electrons. The molecule has 0 radical (unpaired) electrons. The second-order valence-electron chi connectivity index (χ2n) is 8.03. The Morgan fingerprint density at radius 2 is 1.94 bits per heavy atom. The first kappa shape index (κ1) is 23.8. The van der Waals surface area contributed by atoms with Crippen molar-refractivity contribution in [2.45, 2.75) is 19.8 Å². The quantitative estimate of drug-likeness (QED) is 0.202. The highest BCUT2D eigenvalue weighted by molar-refractivity contribution is 7.80. The molecule has 0 spiro atoms. The van der Waals surface area contributed by atoms with E-state index in [1.165, 1.54) is 36.9 Å². The van der Waals surface area contributed by atoms with E-state index >= 15 is 0 Å². The van der Waals surface area contributed by atoms with Crippen LogP contribution in [0.15, 0.2) is 65.1 Å². The van der Waals surface area contributed by atoms with Crippen molar-refractivity contribution in [1.82, 2.24) is 10.3 Å². The molecule has 10 heteroatoms. The molecule has 9 nitrogen and oxygen atoms in total. The molecular formula is C25H22N4O5S. The lowest BCUT2D eigenvalue weighted by molar-refractivity contribution is -0.384. The second kappa shape index (κ2) is 9.90. The smallest absolute Gasteiger partial charge is 0.270 e. The van der Waals surface area contributed by atoms with Crippen LogP contribution in [0.25, 0.3) is 22.6 Å². The maximum atomic E-state index is 12.5. The number of hydrogen-bond acceptors (Lipinski definition) is 7. The largest absolute Gasteiger partial charge is 0.495 e. The van der Waals surface area contributed by atoms with Gasteiger partial charge >= 0.3 is 0 Å². The summed E-state index contributed by atoms with van der Waals surface area (Å²) in [6, 6.07) is 16.6. The SMILES string of the molecule is COc1ccc(-c2nc3cc(C(C)C)ccc3o2)cc1NC(=S)NC(=O)c1cccc([N+](=O)[O-])c1. The van der Waals surface area contributed by atoms with Crippen molar-refractivity contribution in [3.8, 4) is 17.2 Å². The van der Waals surface area contributed by atoms with Crippen LogP contribution in [0, 0.1) is 10.1 Å². The molecule has 1 aromatic heterocycles. The van der Waals surface area contributed by atoms with Gasteiger partial charge in [0.2, 0.25) is 5.89 Å². The molecule has 1 heterocycles. The number of nitrogens with zero attached hydrogens (tertiary/aromatic N) is 2. The Morgan fingerprint density at radius 3 is 2.66 bits per heavy atom. The predicted molar refractivity (Wildman–Crippen MR) is 137 cm³/mol. The molecule has 4 rings (SSSR count). The number of oxazole rings is 1. The van der Waals surface area contributed by atoms with Crippen molar-refractivity contribution in [2.75, 3.05) is 12.4 Å². The molecule has 0 atom stereocenters. The Bertz CT molecular complexity index is 1450. The van der Waals surface area contributed by atoms with Crippen molar-refractivity contribution in [3.63, 3.8) is 0 Å². The van der Waals surface area contributed by atoms with Gasteiger partial charge in [-0.3, -0.25) is 20.2 Å². The number of anilines is 1. The summed E-state index contributed by atoms with van der Waals surface area (Å²) in [5.74, 6) is 0.702. The van der Waals surface area contributed by atoms with Crippen LogP contribution in [0.1, 0.15) is 35.7 Å². The van der Waals surface area contributed by atoms with Gasteiger partial charge in [0.25, 0.3) is 11.6 Å². The number of aromatic nitrogens is 1. The molecule has 0 aliphatic carbocycles. The van der Waals surface area contributed by atoms with E-state index in [0.29, 0.717) is 34.4 Å². The number of rotatable bonds is 6. The number of nitro groups is 1. The predicted octanol–water partition coefficient (Wildman–Crippen LogP) is 5.66. The van der Waals surface area contributed by atoms with Crippen molar-refractivity contribution in [1.29, 1.82) is 0 Å². The molecule has 1 amide bonds. The fourth-order valence-corrected chi connectivity index (χ4v) is 3.66. The van der Waals surface area contributed by atoms with Crippen molar-refractivity contribution >= 4 is 45.7 Å². The van der Waals surface area contributed by atoms with Crippen LogP contribution in [0.4, 0.5) is 11.4 Å². The van der Waals surface area contributed by atoms with E-state index in [2.05, 4.69) is 29.5 Å². The van der Waals surface area contributed by atoms with Gasteiger partial charge in [0, 0.05) is 23.3 Å². The Balaban J connectivity index is 1.56. The molecule has 0 saturated carbocycles. The van der Waals surface area contributed by atoms with Gasteiger partial charge in [-0.2, -0.15) is 0 Å². The van der Waals surface area contributed by atoms with Crippen LogP contribution in [-0.4, -0.2) is 28.0 Å². The summed E-state index contributed by atoms with van der Waals surface area (Å²) in [5.41, 5.74) is 3.69. The number of hydrogen-bond donors (Lipinski definition) is 2. The third kappa shape index (κ3) is 5.28. The lowest BCUT2D eigenvalue weighted by Crippen LogP contribution is -2.34. The third-order valence-corrected chi connectivity index (χ3v) is 5.52. The summed E-state index contributed by atoms with van der Waals surface area (Å²) in [5, 5.41) is 16.4. The molecule has 0 bridgehead atoms. The second-order valence-corrected chi connectivity index (χ2v) is 8.44. The van der Waals surface area contributed by atoms with E-state index in [0.717, 1.165) is 5.52 Å². The molecule has 0 fully saturated rings. The molecule has 3 aromatic carbocycles. The Kier molecular flexibility index (Phi) is 6.74. The number of methoxy groups -OCH3 is 1. The van der Waals surface area contributed by atoms with Gasteiger partial charge in [0.1, 0.15) is 11.3 Å². The highest BCUT2D eigenvalue weighted by Gasteiger charge is 2.16. The van der Waals surface area contributed by atoms with Crippen molar-refractivity contribution in [3.05, 3.63) is 81.9 Å². The minimum atomic E-state index is -0.582. The molecule has 0 unspecified atom stereocenters. The van der Waals surface area contributed by atoms with Crippen LogP contribution in [-0.2, 0) is 0 Å². The molecule has 4 aromatic rings. The summed E-state index contributed by atoms with van der Waals surface area (Å²) in [6.07, 6.45) is 0. The fraction of sp³-hybridized carbons (Fsp3) is 0.160. The minimum Gasteiger partial charge on any atom is -0.495 e. The topological polar surface area (TPSA) is 120 Å². The van der Waals surface area contributed by atoms with Crippen LogP contribution in [0.2, 0.25) is 0 Å². The first-order valence-corrected chi connectivity index (χ1v) is 11.1. The van der Waals surface area contributed by atoms with Gasteiger partial charge in [0.15, 0.2) is 10.7 Å². The summed E-state index contributed by atoms with van der Waals surface area (Å²) in [6.45, 7) is 4.23.